The number of fused-ring (bicyclic) bond motifs is 1. The van der Waals surface area contributed by atoms with E-state index < -0.39 is 30.5 Å². The van der Waals surface area contributed by atoms with Crippen LogP contribution in [0.5, 0.6) is 0 Å². The van der Waals surface area contributed by atoms with Gasteiger partial charge >= 0.3 is 5.97 Å². The summed E-state index contributed by atoms with van der Waals surface area (Å²) < 4.78 is 12.0. The number of ether oxygens (including phenoxy) is 2. The number of aliphatic hydroxyl groups is 2. The molecule has 0 bridgehead atoms. The second-order valence-electron chi connectivity index (χ2n) is 5.53. The van der Waals surface area contributed by atoms with E-state index in [0.717, 1.165) is 6.42 Å². The largest absolute Gasteiger partial charge is 0.464 e. The summed E-state index contributed by atoms with van der Waals surface area (Å²) in [5.74, 6) is -0.529. The van der Waals surface area contributed by atoms with Crippen molar-refractivity contribution < 1.29 is 24.5 Å². The highest BCUT2D eigenvalue weighted by atomic mass is 16.6. The van der Waals surface area contributed by atoms with Crippen molar-refractivity contribution in [1.29, 1.82) is 0 Å². The Labute approximate surface area is 137 Å². The Balaban J connectivity index is 1.81. The van der Waals surface area contributed by atoms with Crippen LogP contribution in [-0.4, -0.2) is 60.6 Å². The molecule has 1 aliphatic heterocycles. The number of imidazole rings is 1. The van der Waals surface area contributed by atoms with E-state index in [4.69, 9.17) is 15.2 Å². The van der Waals surface area contributed by atoms with Crippen molar-refractivity contribution in [3.05, 3.63) is 12.7 Å². The molecule has 0 saturated carbocycles. The summed E-state index contributed by atoms with van der Waals surface area (Å²) in [6, 6.07) is 0. The average Bonchev–Trinajstić information content (AvgIpc) is 3.11. The van der Waals surface area contributed by atoms with Gasteiger partial charge in [0.25, 0.3) is 0 Å². The summed E-state index contributed by atoms with van der Waals surface area (Å²) in [5.41, 5.74) is 6.40. The quantitative estimate of drug-likeness (QED) is 0.479. The summed E-state index contributed by atoms with van der Waals surface area (Å²) >= 11 is 0. The maximum Gasteiger partial charge on any atom is 0.338 e. The highest BCUT2D eigenvalue weighted by Gasteiger charge is 2.48. The first kappa shape index (κ1) is 16.6. The number of aliphatic hydroxyl groups excluding tert-OH is 2. The van der Waals surface area contributed by atoms with Crippen molar-refractivity contribution in [3.63, 3.8) is 0 Å². The number of carbonyl (C=O) groups is 1. The van der Waals surface area contributed by atoms with Crippen LogP contribution in [0.15, 0.2) is 12.7 Å². The minimum Gasteiger partial charge on any atom is -0.464 e. The van der Waals surface area contributed by atoms with Gasteiger partial charge in [0.15, 0.2) is 23.8 Å². The third-order valence-corrected chi connectivity index (χ3v) is 3.87. The van der Waals surface area contributed by atoms with Gasteiger partial charge in [-0.05, 0) is 6.42 Å². The first-order valence-corrected chi connectivity index (χ1v) is 7.65. The fourth-order valence-corrected chi connectivity index (χ4v) is 2.54. The van der Waals surface area contributed by atoms with E-state index in [9.17, 15) is 15.0 Å². The summed E-state index contributed by atoms with van der Waals surface area (Å²) in [5, 5.41) is 20.4. The van der Waals surface area contributed by atoms with Gasteiger partial charge < -0.3 is 25.4 Å². The molecule has 1 unspecified atom stereocenters. The molecule has 130 valence electrons. The van der Waals surface area contributed by atoms with Gasteiger partial charge in [0.05, 0.1) is 12.9 Å². The molecule has 2 aromatic heterocycles. The first-order valence-electron chi connectivity index (χ1n) is 7.65. The topological polar surface area (TPSA) is 146 Å². The van der Waals surface area contributed by atoms with Crippen LogP contribution in [0.4, 0.5) is 5.82 Å². The molecule has 10 heteroatoms. The van der Waals surface area contributed by atoms with Crippen molar-refractivity contribution in [2.24, 2.45) is 0 Å². The Bertz CT molecular complexity index is 735. The van der Waals surface area contributed by atoms with Gasteiger partial charge in [0.1, 0.15) is 24.1 Å². The minimum absolute atomic E-state index is 0.183. The van der Waals surface area contributed by atoms with Gasteiger partial charge in [-0.1, -0.05) is 13.3 Å². The number of hydrogen-bond donors (Lipinski definition) is 3. The van der Waals surface area contributed by atoms with E-state index in [2.05, 4.69) is 15.0 Å². The summed E-state index contributed by atoms with van der Waals surface area (Å²) in [6.45, 7) is 2.20. The number of anilines is 1. The Morgan fingerprint density at radius 3 is 2.92 bits per heavy atom. The Morgan fingerprint density at radius 2 is 2.17 bits per heavy atom. The standard InChI is InChI=1S/C14H19N5O5/c1-2-3-4-23-14(22)10-8(20)9(21)13(24-10)19-6-18-7-11(15)16-5-17-12(7)19/h5-6,8-10,13,20-21H,2-4H2,1H3,(H2,15,16,17)/t8-,9+,10-,13?/m0/s1. The van der Waals surface area contributed by atoms with E-state index >= 15 is 0 Å². The Kier molecular flexibility index (Phi) is 4.60. The minimum atomic E-state index is -1.42. The molecule has 0 aromatic carbocycles. The zero-order chi connectivity index (χ0) is 17.3. The van der Waals surface area contributed by atoms with Gasteiger partial charge in [0, 0.05) is 0 Å². The molecule has 24 heavy (non-hydrogen) atoms. The van der Waals surface area contributed by atoms with Crippen molar-refractivity contribution in [3.8, 4) is 0 Å². The van der Waals surface area contributed by atoms with Crippen molar-refractivity contribution in [1.82, 2.24) is 19.5 Å². The van der Waals surface area contributed by atoms with E-state index in [0.29, 0.717) is 17.6 Å². The number of esters is 1. The molecule has 3 heterocycles. The van der Waals surface area contributed by atoms with Crippen LogP contribution in [0.25, 0.3) is 11.2 Å². The summed E-state index contributed by atoms with van der Waals surface area (Å²) in [6.07, 6.45) is -0.882. The van der Waals surface area contributed by atoms with E-state index in [1.165, 1.54) is 17.2 Å². The highest BCUT2D eigenvalue weighted by Crippen LogP contribution is 2.32. The van der Waals surface area contributed by atoms with Gasteiger partial charge in [-0.3, -0.25) is 4.57 Å². The predicted molar refractivity (Wildman–Crippen MR) is 81.5 cm³/mol. The Hall–Kier alpha value is -2.30. The number of nitrogen functional groups attached to an aromatic ring is 1. The van der Waals surface area contributed by atoms with Crippen LogP contribution in [0.2, 0.25) is 0 Å². The van der Waals surface area contributed by atoms with Crippen LogP contribution >= 0.6 is 0 Å². The third kappa shape index (κ3) is 2.79. The van der Waals surface area contributed by atoms with Crippen LogP contribution in [0, 0.1) is 0 Å². The normalized spacial score (nSPS) is 26.8. The molecule has 10 nitrogen and oxygen atoms in total. The second-order valence-corrected chi connectivity index (χ2v) is 5.53. The van der Waals surface area contributed by atoms with Crippen LogP contribution in [0.3, 0.4) is 0 Å². The average molecular weight is 337 g/mol. The Morgan fingerprint density at radius 1 is 1.38 bits per heavy atom. The molecule has 0 amide bonds. The number of nitrogens with two attached hydrogens (primary N) is 1. The van der Waals surface area contributed by atoms with Gasteiger partial charge in [0.2, 0.25) is 0 Å². The van der Waals surface area contributed by atoms with Crippen LogP contribution in [-0.2, 0) is 14.3 Å². The number of carbonyl (C=O) groups excluding carboxylic acids is 1. The fraction of sp³-hybridized carbons (Fsp3) is 0.571. The van der Waals surface area contributed by atoms with Crippen LogP contribution < -0.4 is 5.73 Å². The highest BCUT2D eigenvalue weighted by molar-refractivity contribution is 5.81. The maximum atomic E-state index is 12.0. The van der Waals surface area contributed by atoms with Crippen molar-refractivity contribution in [2.45, 2.75) is 44.3 Å². The maximum absolute atomic E-state index is 12.0. The van der Waals surface area contributed by atoms with E-state index in [1.54, 1.807) is 0 Å². The van der Waals surface area contributed by atoms with Gasteiger partial charge in [-0.2, -0.15) is 0 Å². The predicted octanol–water partition coefficient (Wildman–Crippen LogP) is -0.629. The second kappa shape index (κ2) is 6.67. The zero-order valence-electron chi connectivity index (χ0n) is 13.1. The summed E-state index contributed by atoms with van der Waals surface area (Å²) in [4.78, 5) is 24.0. The van der Waals surface area contributed by atoms with Crippen molar-refractivity contribution >= 4 is 23.0 Å². The fourth-order valence-electron chi connectivity index (χ4n) is 2.54. The molecule has 1 fully saturated rings. The molecule has 1 aliphatic rings. The summed E-state index contributed by atoms with van der Waals surface area (Å²) in [7, 11) is 0. The lowest BCUT2D eigenvalue weighted by Crippen LogP contribution is -2.37. The number of aromatic nitrogens is 4. The number of hydrogen-bond acceptors (Lipinski definition) is 9. The smallest absolute Gasteiger partial charge is 0.338 e. The van der Waals surface area contributed by atoms with E-state index in [1.807, 2.05) is 6.92 Å². The van der Waals surface area contributed by atoms with Crippen molar-refractivity contribution in [2.75, 3.05) is 12.3 Å². The first-order chi connectivity index (χ1) is 11.5. The monoisotopic (exact) mass is 337 g/mol. The number of unbranched alkanes of at least 4 members (excludes halogenated alkanes) is 1. The van der Waals surface area contributed by atoms with E-state index in [-0.39, 0.29) is 12.4 Å². The molecule has 0 radical (unpaired) electrons. The molecule has 4 N–H and O–H groups in total. The molecule has 3 rings (SSSR count). The molecule has 4 atom stereocenters. The molecule has 0 aliphatic carbocycles. The third-order valence-electron chi connectivity index (χ3n) is 3.87. The molecular formula is C14H19N5O5. The zero-order valence-corrected chi connectivity index (χ0v) is 13.1. The number of nitrogens with zero attached hydrogens (tertiary/aromatic N) is 4. The van der Waals surface area contributed by atoms with Gasteiger partial charge in [-0.15, -0.1) is 0 Å². The molecule has 1 saturated heterocycles. The van der Waals surface area contributed by atoms with Gasteiger partial charge in [-0.25, -0.2) is 19.7 Å². The lowest BCUT2D eigenvalue weighted by atomic mass is 10.1. The molecule has 0 spiro atoms. The van der Waals surface area contributed by atoms with Crippen LogP contribution in [0.1, 0.15) is 26.0 Å². The number of rotatable bonds is 5. The molecule has 2 aromatic rings. The molecular weight excluding hydrogens is 318 g/mol. The lowest BCUT2D eigenvalue weighted by Gasteiger charge is -2.16. The lowest BCUT2D eigenvalue weighted by molar-refractivity contribution is -0.162. The SMILES string of the molecule is CCCCOC(=O)[C@H]1OC(n2cnc3c(N)ncnc32)[C@H](O)[C@@H]1O.